The number of pyridine rings is 1. The minimum Gasteiger partial charge on any atom is -0.481 e. The van der Waals surface area contributed by atoms with E-state index in [2.05, 4.69) is 4.98 Å². The largest absolute Gasteiger partial charge is 0.481 e. The van der Waals surface area contributed by atoms with Crippen LogP contribution in [0.5, 0.6) is 5.75 Å². The number of hydrogen-bond donors (Lipinski definition) is 1. The summed E-state index contributed by atoms with van der Waals surface area (Å²) in [7, 11) is 0. The Morgan fingerprint density at radius 3 is 2.46 bits per heavy atom. The third-order valence-corrected chi connectivity index (χ3v) is 9.55. The number of aliphatic carboxylic acids is 1. The van der Waals surface area contributed by atoms with Gasteiger partial charge in [0.15, 0.2) is 0 Å². The highest BCUT2D eigenvalue weighted by atomic mass is 32.1. The SMILES string of the molecule is CCC[C@H]1N(C(=O)c2ncccc2C(F)(F)F)CCC[C@]1(Oc1csc(C(F)(F)F)c1)C(=O)N1Cc2ccc(F)cc2C[C@@H]1CC(=O)O. The molecule has 2 amide bonds. The number of benzene rings is 1. The van der Waals surface area contributed by atoms with Crippen molar-refractivity contribution in [2.45, 2.75) is 82.0 Å². The predicted octanol–water partition coefficient (Wildman–Crippen LogP) is 6.97. The normalized spacial score (nSPS) is 21.5. The van der Waals surface area contributed by atoms with Gasteiger partial charge in [-0.05, 0) is 54.7 Å². The van der Waals surface area contributed by atoms with Crippen LogP contribution < -0.4 is 4.74 Å². The van der Waals surface area contributed by atoms with Crippen molar-refractivity contribution in [3.05, 3.63) is 81.1 Å². The van der Waals surface area contributed by atoms with Gasteiger partial charge in [-0.1, -0.05) is 19.4 Å². The Kier molecular flexibility index (Phi) is 9.77. The Balaban J connectivity index is 1.65. The van der Waals surface area contributed by atoms with E-state index in [0.29, 0.717) is 34.6 Å². The van der Waals surface area contributed by atoms with Gasteiger partial charge < -0.3 is 19.6 Å². The number of carboxylic acids is 1. The number of likely N-dealkylation sites (tertiary alicyclic amines) is 1. The number of hydrogen-bond acceptors (Lipinski definition) is 6. The van der Waals surface area contributed by atoms with Crippen LogP contribution in [0.2, 0.25) is 0 Å². The van der Waals surface area contributed by atoms with Crippen LogP contribution >= 0.6 is 11.3 Å². The molecule has 48 heavy (non-hydrogen) atoms. The van der Waals surface area contributed by atoms with Crippen LogP contribution in [0.15, 0.2) is 48.0 Å². The summed E-state index contributed by atoms with van der Waals surface area (Å²) in [6, 6.07) is 3.91. The number of amides is 2. The first-order chi connectivity index (χ1) is 22.5. The van der Waals surface area contributed by atoms with Crippen LogP contribution in [-0.4, -0.2) is 61.9 Å². The Morgan fingerprint density at radius 1 is 1.06 bits per heavy atom. The van der Waals surface area contributed by atoms with Gasteiger partial charge in [0.25, 0.3) is 11.8 Å². The molecule has 0 aliphatic carbocycles. The zero-order chi connectivity index (χ0) is 35.0. The maximum absolute atomic E-state index is 14.9. The van der Waals surface area contributed by atoms with Crippen LogP contribution in [-0.2, 0) is 34.9 Å². The molecule has 3 atom stereocenters. The lowest BCUT2D eigenvalue weighted by Gasteiger charge is -2.51. The number of fused-ring (bicyclic) bond motifs is 1. The molecule has 4 heterocycles. The zero-order valence-electron chi connectivity index (χ0n) is 25.4. The molecule has 2 aromatic heterocycles. The van der Waals surface area contributed by atoms with Gasteiger partial charge in [-0.3, -0.25) is 19.4 Å². The highest BCUT2D eigenvalue weighted by molar-refractivity contribution is 7.10. The number of piperidine rings is 1. The number of carbonyl (C=O) groups excluding carboxylic acids is 2. The minimum absolute atomic E-state index is 0.00137. The van der Waals surface area contributed by atoms with Gasteiger partial charge in [0.1, 0.15) is 22.1 Å². The lowest BCUT2D eigenvalue weighted by atomic mass is 9.78. The molecule has 2 aliphatic heterocycles. The fourth-order valence-corrected chi connectivity index (χ4v) is 7.23. The standard InChI is InChI=1S/C32H30F7N3O5S/c1-2-5-24-30(47-22-15-25(48-17-22)32(37,38)39,9-4-11-41(24)28(45)27-23(31(34,35)36)6-3-10-40-27)29(46)42-16-18-7-8-20(33)12-19(18)13-21(42)14-26(43)44/h3,6-8,10,12,15,17,21,24H,2,4-5,9,11,13-14,16H2,1H3,(H,43,44)/t21-,24-,30-/m1/s1. The van der Waals surface area contributed by atoms with Crippen molar-refractivity contribution in [1.29, 1.82) is 0 Å². The summed E-state index contributed by atoms with van der Waals surface area (Å²) in [4.78, 5) is 45.8. The number of carboxylic acid groups (broad SMARTS) is 1. The maximum Gasteiger partial charge on any atom is 0.425 e. The molecule has 8 nitrogen and oxygen atoms in total. The number of halogens is 7. The molecule has 3 aromatic rings. The summed E-state index contributed by atoms with van der Waals surface area (Å²) in [5, 5.41) is 10.8. The monoisotopic (exact) mass is 701 g/mol. The lowest BCUT2D eigenvalue weighted by Crippen LogP contribution is -2.69. The Morgan fingerprint density at radius 2 is 1.81 bits per heavy atom. The Labute approximate surface area is 274 Å². The Hall–Kier alpha value is -4.21. The van der Waals surface area contributed by atoms with Gasteiger partial charge in [-0.25, -0.2) is 4.39 Å². The fraction of sp³-hybridized carbons (Fsp3) is 0.438. The molecular formula is C32H30F7N3O5S. The topological polar surface area (TPSA) is 100 Å². The molecule has 0 spiro atoms. The average Bonchev–Trinajstić information content (AvgIpc) is 3.49. The van der Waals surface area contributed by atoms with E-state index in [0.717, 1.165) is 22.5 Å². The number of ether oxygens (including phenoxy) is 1. The van der Waals surface area contributed by atoms with Gasteiger partial charge >= 0.3 is 18.3 Å². The van der Waals surface area contributed by atoms with E-state index < -0.39 is 76.2 Å². The molecule has 1 aromatic carbocycles. The highest BCUT2D eigenvalue weighted by Crippen LogP contribution is 2.43. The summed E-state index contributed by atoms with van der Waals surface area (Å²) in [6.45, 7) is 1.37. The quantitative estimate of drug-likeness (QED) is 0.255. The summed E-state index contributed by atoms with van der Waals surface area (Å²) in [6.07, 6.45) is -9.20. The second kappa shape index (κ2) is 13.4. The van der Waals surface area contributed by atoms with Gasteiger partial charge in [-0.15, -0.1) is 11.3 Å². The summed E-state index contributed by atoms with van der Waals surface area (Å²) in [5.41, 5.74) is -3.40. The molecule has 2 aliphatic rings. The smallest absolute Gasteiger partial charge is 0.425 e. The van der Waals surface area contributed by atoms with E-state index in [9.17, 15) is 50.2 Å². The molecule has 258 valence electrons. The van der Waals surface area contributed by atoms with Crippen molar-refractivity contribution in [2.24, 2.45) is 0 Å². The molecular weight excluding hydrogens is 671 g/mol. The fourth-order valence-electron chi connectivity index (χ4n) is 6.56. The molecule has 0 radical (unpaired) electrons. The number of nitrogens with zero attached hydrogens (tertiary/aromatic N) is 3. The molecule has 0 saturated carbocycles. The van der Waals surface area contributed by atoms with E-state index >= 15 is 0 Å². The second-order valence-corrected chi connectivity index (χ2v) is 12.7. The van der Waals surface area contributed by atoms with Crippen LogP contribution in [0.4, 0.5) is 30.7 Å². The average molecular weight is 702 g/mol. The molecule has 1 saturated heterocycles. The molecule has 0 bridgehead atoms. The molecule has 1 N–H and O–H groups in total. The van der Waals surface area contributed by atoms with Crippen LogP contribution in [0.3, 0.4) is 0 Å². The summed E-state index contributed by atoms with van der Waals surface area (Å²) in [5.74, 6) is -4.20. The van der Waals surface area contributed by atoms with Gasteiger partial charge in [-0.2, -0.15) is 26.3 Å². The summed E-state index contributed by atoms with van der Waals surface area (Å²) < 4.78 is 103. The van der Waals surface area contributed by atoms with Crippen molar-refractivity contribution in [3.63, 3.8) is 0 Å². The van der Waals surface area contributed by atoms with Gasteiger partial charge in [0.2, 0.25) is 5.60 Å². The molecule has 16 heteroatoms. The van der Waals surface area contributed by atoms with Crippen molar-refractivity contribution in [2.75, 3.05) is 6.54 Å². The number of alkyl halides is 6. The van der Waals surface area contributed by atoms with Crippen molar-refractivity contribution in [3.8, 4) is 5.75 Å². The predicted molar refractivity (Wildman–Crippen MR) is 158 cm³/mol. The number of thiophene rings is 1. The van der Waals surface area contributed by atoms with Gasteiger partial charge in [0.05, 0.1) is 18.0 Å². The van der Waals surface area contributed by atoms with E-state index in [1.54, 1.807) is 6.92 Å². The first-order valence-electron chi connectivity index (χ1n) is 15.0. The third-order valence-electron chi connectivity index (χ3n) is 8.59. The van der Waals surface area contributed by atoms with Gasteiger partial charge in [0, 0.05) is 43.2 Å². The van der Waals surface area contributed by atoms with E-state index in [4.69, 9.17) is 4.74 Å². The van der Waals surface area contributed by atoms with Crippen LogP contribution in [0, 0.1) is 5.82 Å². The number of rotatable bonds is 8. The van der Waals surface area contributed by atoms with Crippen molar-refractivity contribution < 1.29 is 55.0 Å². The second-order valence-electron chi connectivity index (χ2n) is 11.7. The molecule has 1 fully saturated rings. The first-order valence-corrected chi connectivity index (χ1v) is 15.9. The number of carbonyl (C=O) groups is 3. The third kappa shape index (κ3) is 6.98. The van der Waals surface area contributed by atoms with E-state index in [-0.39, 0.29) is 50.9 Å². The maximum atomic E-state index is 14.9. The first kappa shape index (κ1) is 35.1. The lowest BCUT2D eigenvalue weighted by molar-refractivity contribution is -0.164. The number of aromatic nitrogens is 1. The highest BCUT2D eigenvalue weighted by Gasteiger charge is 2.57. The van der Waals surface area contributed by atoms with Crippen molar-refractivity contribution >= 4 is 29.1 Å². The van der Waals surface area contributed by atoms with Crippen LogP contribution in [0.1, 0.15) is 71.1 Å². The van der Waals surface area contributed by atoms with E-state index in [1.807, 2.05) is 0 Å². The molecule has 0 unspecified atom stereocenters. The van der Waals surface area contributed by atoms with E-state index in [1.165, 1.54) is 23.1 Å². The van der Waals surface area contributed by atoms with Crippen molar-refractivity contribution in [1.82, 2.24) is 14.8 Å². The van der Waals surface area contributed by atoms with Crippen LogP contribution in [0.25, 0.3) is 0 Å². The zero-order valence-corrected chi connectivity index (χ0v) is 26.2. The minimum atomic E-state index is -4.95. The summed E-state index contributed by atoms with van der Waals surface area (Å²) >= 11 is 0.312. The Bertz CT molecular complexity index is 1690. The molecule has 5 rings (SSSR count).